The smallest absolute Gasteiger partial charge is 0.264 e. The predicted octanol–water partition coefficient (Wildman–Crippen LogP) is 4.56. The van der Waals surface area contributed by atoms with Crippen LogP contribution in [-0.2, 0) is 16.4 Å². The molecule has 0 radical (unpaired) electrons. The van der Waals surface area contributed by atoms with E-state index < -0.39 is 27.7 Å². The van der Waals surface area contributed by atoms with Gasteiger partial charge >= 0.3 is 0 Å². The zero-order valence-electron chi connectivity index (χ0n) is 20.7. The van der Waals surface area contributed by atoms with Gasteiger partial charge in [-0.1, -0.05) is 12.1 Å². The van der Waals surface area contributed by atoms with Crippen molar-refractivity contribution in [1.82, 2.24) is 5.32 Å². The number of methoxy groups -OCH3 is 3. The van der Waals surface area contributed by atoms with Gasteiger partial charge in [0.05, 0.1) is 38.0 Å². The number of anilines is 1. The van der Waals surface area contributed by atoms with Crippen LogP contribution in [-0.4, -0.2) is 48.9 Å². The molecular weight excluding hydrogens is 526 g/mol. The highest BCUT2D eigenvalue weighted by Crippen LogP contribution is 2.37. The first-order valence-electron chi connectivity index (χ1n) is 11.4. The van der Waals surface area contributed by atoms with E-state index in [2.05, 4.69) is 5.32 Å². The van der Waals surface area contributed by atoms with Gasteiger partial charge in [0, 0.05) is 30.7 Å². The number of hydrogen-bond donors (Lipinski definition) is 1. The molecule has 0 bridgehead atoms. The number of benzene rings is 3. The highest BCUT2D eigenvalue weighted by Gasteiger charge is 2.36. The average Bonchev–Trinajstić information content (AvgIpc) is 3.40. The summed E-state index contributed by atoms with van der Waals surface area (Å²) in [7, 11) is 0.223. The number of sulfonamides is 1. The molecule has 3 aromatic rings. The lowest BCUT2D eigenvalue weighted by Gasteiger charge is -2.32. The first-order chi connectivity index (χ1) is 17.3. The Morgan fingerprint density at radius 2 is 1.65 bits per heavy atom. The highest BCUT2D eigenvalue weighted by atomic mass is 35.5. The third-order valence-electron chi connectivity index (χ3n) is 6.24. The van der Waals surface area contributed by atoms with Crippen LogP contribution in [0.4, 0.5) is 14.5 Å². The first-order valence-corrected chi connectivity index (χ1v) is 12.8. The summed E-state index contributed by atoms with van der Waals surface area (Å²) in [5.74, 6) is -0.326. The second kappa shape index (κ2) is 12.0. The molecule has 1 aliphatic heterocycles. The van der Waals surface area contributed by atoms with Crippen LogP contribution < -0.4 is 23.8 Å². The summed E-state index contributed by atoms with van der Waals surface area (Å²) in [6, 6.07) is 12.5. The molecular formula is C26H29ClF2N2O5S. The molecule has 1 aliphatic rings. The highest BCUT2D eigenvalue weighted by molar-refractivity contribution is 7.92. The van der Waals surface area contributed by atoms with E-state index >= 15 is 0 Å². The Morgan fingerprint density at radius 1 is 0.946 bits per heavy atom. The lowest BCUT2D eigenvalue weighted by atomic mass is 10.0. The van der Waals surface area contributed by atoms with Crippen molar-refractivity contribution in [3.8, 4) is 17.2 Å². The molecule has 1 N–H and O–H groups in total. The van der Waals surface area contributed by atoms with Crippen LogP contribution in [0.15, 0.2) is 59.5 Å². The molecule has 200 valence electrons. The minimum atomic E-state index is -4.14. The third kappa shape index (κ3) is 5.76. The Bertz CT molecular complexity index is 1330. The second-order valence-electron chi connectivity index (χ2n) is 8.34. The number of nitrogens with zero attached hydrogens (tertiary/aromatic N) is 1. The van der Waals surface area contributed by atoms with Crippen molar-refractivity contribution in [1.29, 1.82) is 0 Å². The van der Waals surface area contributed by atoms with E-state index in [0.29, 0.717) is 42.3 Å². The number of ether oxygens (including phenoxy) is 3. The number of hydrogen-bond acceptors (Lipinski definition) is 6. The molecule has 1 atom stereocenters. The van der Waals surface area contributed by atoms with Crippen LogP contribution in [0.3, 0.4) is 0 Å². The number of halogens is 3. The summed E-state index contributed by atoms with van der Waals surface area (Å²) in [6.07, 6.45) is 0.410. The molecule has 0 aromatic heterocycles. The molecule has 11 heteroatoms. The molecule has 1 heterocycles. The second-order valence-corrected chi connectivity index (χ2v) is 10.2. The van der Waals surface area contributed by atoms with Crippen molar-refractivity contribution in [3.63, 3.8) is 0 Å². The molecule has 7 nitrogen and oxygen atoms in total. The summed E-state index contributed by atoms with van der Waals surface area (Å²) in [6.45, 7) is 1.04. The maximum Gasteiger partial charge on any atom is 0.264 e. The van der Waals surface area contributed by atoms with E-state index in [1.807, 2.05) is 0 Å². The van der Waals surface area contributed by atoms with Crippen molar-refractivity contribution in [3.05, 3.63) is 77.4 Å². The largest absolute Gasteiger partial charge is 0.497 e. The topological polar surface area (TPSA) is 77.1 Å². The van der Waals surface area contributed by atoms with Gasteiger partial charge in [-0.05, 0) is 48.9 Å². The van der Waals surface area contributed by atoms with Gasteiger partial charge in [-0.3, -0.25) is 4.31 Å². The number of rotatable bonds is 9. The minimum absolute atomic E-state index is 0. The van der Waals surface area contributed by atoms with Gasteiger partial charge < -0.3 is 19.5 Å². The maximum atomic E-state index is 14.5. The fourth-order valence-electron chi connectivity index (χ4n) is 4.37. The van der Waals surface area contributed by atoms with E-state index in [0.717, 1.165) is 0 Å². The minimum Gasteiger partial charge on any atom is -0.497 e. The first kappa shape index (κ1) is 28.5. The Balaban J connectivity index is 0.00000380. The average molecular weight is 555 g/mol. The Kier molecular flexibility index (Phi) is 9.22. The molecule has 0 spiro atoms. The van der Waals surface area contributed by atoms with E-state index in [9.17, 15) is 17.2 Å². The van der Waals surface area contributed by atoms with Gasteiger partial charge in [-0.2, -0.15) is 0 Å². The summed E-state index contributed by atoms with van der Waals surface area (Å²) in [5.41, 5.74) is 0.591. The Hall–Kier alpha value is -3.08. The van der Waals surface area contributed by atoms with Crippen LogP contribution in [0.1, 0.15) is 17.5 Å². The standard InChI is InChI=1S/C26H28F2N2O5S.ClH/c1-33-19-8-7-17(13-21-22(27)5-4-6-23(21)28)24(14-19)30(18-11-12-29-16-18)36(31,32)20-9-10-25(34-2)26(15-20)35-3;/h4-10,14-15,18,29H,11-13,16H2,1-3H3;1H/t18-;/m0./s1. The fourth-order valence-corrected chi connectivity index (χ4v) is 6.09. The zero-order valence-corrected chi connectivity index (χ0v) is 22.3. The van der Waals surface area contributed by atoms with Crippen LogP contribution in [0.2, 0.25) is 0 Å². The normalized spacial score (nSPS) is 15.1. The summed E-state index contributed by atoms with van der Waals surface area (Å²) < 4.78 is 74.6. The predicted molar refractivity (Wildman–Crippen MR) is 140 cm³/mol. The molecule has 3 aromatic carbocycles. The lowest BCUT2D eigenvalue weighted by Crippen LogP contribution is -2.42. The van der Waals surface area contributed by atoms with Gasteiger partial charge in [-0.15, -0.1) is 12.4 Å². The molecule has 0 aliphatic carbocycles. The summed E-state index contributed by atoms with van der Waals surface area (Å²) >= 11 is 0. The molecule has 1 fully saturated rings. The molecule has 0 unspecified atom stereocenters. The zero-order chi connectivity index (χ0) is 25.9. The van der Waals surface area contributed by atoms with Crippen LogP contribution >= 0.6 is 12.4 Å². The van der Waals surface area contributed by atoms with Crippen molar-refractivity contribution >= 4 is 28.1 Å². The molecule has 4 rings (SSSR count). The fraction of sp³-hybridized carbons (Fsp3) is 0.308. The molecule has 0 saturated carbocycles. The molecule has 1 saturated heterocycles. The van der Waals surface area contributed by atoms with E-state index in [-0.39, 0.29) is 35.0 Å². The third-order valence-corrected chi connectivity index (χ3v) is 8.10. The van der Waals surface area contributed by atoms with Crippen molar-refractivity contribution in [2.45, 2.75) is 23.8 Å². The SMILES string of the molecule is COc1ccc(Cc2c(F)cccc2F)c(N([C@H]2CCNC2)S(=O)(=O)c2ccc(OC)c(OC)c2)c1.Cl. The van der Waals surface area contributed by atoms with E-state index in [1.165, 1.54) is 62.0 Å². The van der Waals surface area contributed by atoms with E-state index in [4.69, 9.17) is 14.2 Å². The number of nitrogens with one attached hydrogen (secondary N) is 1. The Labute approximate surface area is 221 Å². The van der Waals surface area contributed by atoms with Gasteiger partial charge in [-0.25, -0.2) is 17.2 Å². The van der Waals surface area contributed by atoms with Gasteiger partial charge in [0.1, 0.15) is 17.4 Å². The quantitative estimate of drug-likeness (QED) is 0.418. The molecule has 0 amide bonds. The van der Waals surface area contributed by atoms with Gasteiger partial charge in [0.15, 0.2) is 11.5 Å². The van der Waals surface area contributed by atoms with Crippen molar-refractivity contribution in [2.24, 2.45) is 0 Å². The molecule has 37 heavy (non-hydrogen) atoms. The van der Waals surface area contributed by atoms with Crippen LogP contribution in [0.5, 0.6) is 17.2 Å². The maximum absolute atomic E-state index is 14.5. The summed E-state index contributed by atoms with van der Waals surface area (Å²) in [5, 5.41) is 3.20. The van der Waals surface area contributed by atoms with Gasteiger partial charge in [0.2, 0.25) is 0 Å². The lowest BCUT2D eigenvalue weighted by molar-refractivity contribution is 0.354. The monoisotopic (exact) mass is 554 g/mol. The van der Waals surface area contributed by atoms with Crippen molar-refractivity contribution < 1.29 is 31.4 Å². The Morgan fingerprint density at radius 3 is 2.24 bits per heavy atom. The van der Waals surface area contributed by atoms with Crippen LogP contribution in [0.25, 0.3) is 0 Å². The van der Waals surface area contributed by atoms with Gasteiger partial charge in [0.25, 0.3) is 10.0 Å². The summed E-state index contributed by atoms with van der Waals surface area (Å²) in [4.78, 5) is -0.00195. The van der Waals surface area contributed by atoms with E-state index in [1.54, 1.807) is 18.2 Å². The van der Waals surface area contributed by atoms with Crippen molar-refractivity contribution in [2.75, 3.05) is 38.7 Å². The van der Waals surface area contributed by atoms with Crippen LogP contribution in [0, 0.1) is 11.6 Å².